The van der Waals surface area contributed by atoms with Crippen LogP contribution in [0.5, 0.6) is 0 Å². The summed E-state index contributed by atoms with van der Waals surface area (Å²) in [5, 5.41) is 3.58. The van der Waals surface area contributed by atoms with Crippen molar-refractivity contribution in [3.05, 3.63) is 23.3 Å². The molecule has 1 aromatic rings. The van der Waals surface area contributed by atoms with Crippen molar-refractivity contribution in [1.29, 1.82) is 0 Å². The number of aromatic nitrogens is 2. The molecule has 0 radical (unpaired) electrons. The van der Waals surface area contributed by atoms with Gasteiger partial charge in [-0.2, -0.15) is 0 Å². The van der Waals surface area contributed by atoms with Gasteiger partial charge in [0.25, 0.3) is 0 Å². The van der Waals surface area contributed by atoms with Gasteiger partial charge in [-0.05, 0) is 56.9 Å². The van der Waals surface area contributed by atoms with E-state index in [4.69, 9.17) is 9.97 Å². The van der Waals surface area contributed by atoms with Crippen LogP contribution in [-0.4, -0.2) is 16.5 Å². The second-order valence-electron chi connectivity index (χ2n) is 6.91. The molecule has 2 saturated carbocycles. The van der Waals surface area contributed by atoms with E-state index < -0.39 is 0 Å². The first-order valence-corrected chi connectivity index (χ1v) is 8.44. The lowest BCUT2D eigenvalue weighted by molar-refractivity contribution is 0.400. The third kappa shape index (κ3) is 2.07. The van der Waals surface area contributed by atoms with E-state index in [1.807, 2.05) is 0 Å². The molecule has 108 valence electrons. The molecule has 20 heavy (non-hydrogen) atoms. The van der Waals surface area contributed by atoms with Gasteiger partial charge in [0.1, 0.15) is 5.82 Å². The molecule has 0 saturated heterocycles. The van der Waals surface area contributed by atoms with Crippen LogP contribution in [0.3, 0.4) is 0 Å². The van der Waals surface area contributed by atoms with E-state index in [-0.39, 0.29) is 0 Å². The quantitative estimate of drug-likeness (QED) is 0.916. The molecule has 0 aromatic carbocycles. The minimum Gasteiger partial charge on any atom is -0.310 e. The van der Waals surface area contributed by atoms with E-state index in [1.165, 1.54) is 49.8 Å². The Kier molecular flexibility index (Phi) is 3.25. The van der Waals surface area contributed by atoms with E-state index >= 15 is 0 Å². The van der Waals surface area contributed by atoms with Crippen molar-refractivity contribution in [3.8, 4) is 0 Å². The maximum Gasteiger partial charge on any atom is 0.131 e. The molecule has 3 aliphatic rings. The number of aryl methyl sites for hydroxylation is 1. The highest BCUT2D eigenvalue weighted by molar-refractivity contribution is 5.26. The summed E-state index contributed by atoms with van der Waals surface area (Å²) in [5.74, 6) is 3.68. The van der Waals surface area contributed by atoms with Crippen LogP contribution in [-0.2, 0) is 6.42 Å². The van der Waals surface area contributed by atoms with Crippen LogP contribution in [0.1, 0.15) is 74.5 Å². The Morgan fingerprint density at radius 1 is 1.25 bits per heavy atom. The number of nitrogens with zero attached hydrogens (tertiary/aromatic N) is 2. The van der Waals surface area contributed by atoms with Gasteiger partial charge < -0.3 is 5.32 Å². The van der Waals surface area contributed by atoms with Crippen LogP contribution < -0.4 is 5.32 Å². The molecular weight excluding hydrogens is 246 g/mol. The topological polar surface area (TPSA) is 37.8 Å². The molecule has 0 aliphatic heterocycles. The zero-order valence-corrected chi connectivity index (χ0v) is 12.4. The van der Waals surface area contributed by atoms with Crippen LogP contribution in [0.4, 0.5) is 0 Å². The van der Waals surface area contributed by atoms with Crippen LogP contribution in [0, 0.1) is 11.8 Å². The summed E-state index contributed by atoms with van der Waals surface area (Å²) in [6, 6.07) is 0.484. The first kappa shape index (κ1) is 12.8. The first-order valence-electron chi connectivity index (χ1n) is 8.44. The van der Waals surface area contributed by atoms with E-state index in [0.717, 1.165) is 30.6 Å². The number of fused-ring (bicyclic) bond motifs is 3. The average molecular weight is 271 g/mol. The van der Waals surface area contributed by atoms with E-state index in [1.54, 1.807) is 0 Å². The van der Waals surface area contributed by atoms with Crippen molar-refractivity contribution in [3.63, 3.8) is 0 Å². The molecular formula is C17H25N3. The predicted molar refractivity (Wildman–Crippen MR) is 79.6 cm³/mol. The summed E-state index contributed by atoms with van der Waals surface area (Å²) in [5.41, 5.74) is 2.69. The Labute approximate surface area is 121 Å². The Hall–Kier alpha value is -0.960. The molecule has 3 nitrogen and oxygen atoms in total. The summed E-state index contributed by atoms with van der Waals surface area (Å²) in [6.45, 7) is 3.21. The highest BCUT2D eigenvalue weighted by Crippen LogP contribution is 2.52. The molecule has 4 atom stereocenters. The third-order valence-corrected chi connectivity index (χ3v) is 5.72. The van der Waals surface area contributed by atoms with Gasteiger partial charge in [0.2, 0.25) is 0 Å². The van der Waals surface area contributed by atoms with Crippen molar-refractivity contribution >= 4 is 0 Å². The van der Waals surface area contributed by atoms with E-state index in [0.29, 0.717) is 12.0 Å². The van der Waals surface area contributed by atoms with Crippen molar-refractivity contribution in [1.82, 2.24) is 15.3 Å². The normalized spacial score (nSPS) is 35.2. The standard InChI is InChI=1S/C17H25N3/c1-2-18-15-4-3-5-16-14(15)10-19-17(20-16)13-9-11-6-7-12(13)8-11/h10-13,15,18H,2-9H2,1H3. The molecule has 2 fully saturated rings. The van der Waals surface area contributed by atoms with Gasteiger partial charge >= 0.3 is 0 Å². The van der Waals surface area contributed by atoms with Gasteiger partial charge in [0.05, 0.1) is 0 Å². The van der Waals surface area contributed by atoms with Crippen molar-refractivity contribution in [2.24, 2.45) is 11.8 Å². The van der Waals surface area contributed by atoms with Gasteiger partial charge in [-0.15, -0.1) is 0 Å². The zero-order chi connectivity index (χ0) is 13.5. The summed E-state index contributed by atoms with van der Waals surface area (Å²) in [7, 11) is 0. The Morgan fingerprint density at radius 3 is 2.95 bits per heavy atom. The minimum absolute atomic E-state index is 0.484. The second kappa shape index (κ2) is 5.10. The predicted octanol–water partition coefficient (Wildman–Crippen LogP) is 3.37. The Bertz CT molecular complexity index is 499. The van der Waals surface area contributed by atoms with Crippen molar-refractivity contribution < 1.29 is 0 Å². The van der Waals surface area contributed by atoms with Crippen LogP contribution in [0.15, 0.2) is 6.20 Å². The second-order valence-corrected chi connectivity index (χ2v) is 6.91. The fourth-order valence-electron chi connectivity index (χ4n) is 4.76. The minimum atomic E-state index is 0.484. The van der Waals surface area contributed by atoms with Gasteiger partial charge in [-0.1, -0.05) is 13.3 Å². The van der Waals surface area contributed by atoms with Gasteiger partial charge in [0.15, 0.2) is 0 Å². The lowest BCUT2D eigenvalue weighted by Gasteiger charge is -2.27. The first-order chi connectivity index (χ1) is 9.85. The van der Waals surface area contributed by atoms with Gasteiger partial charge in [-0.3, -0.25) is 0 Å². The lowest BCUT2D eigenvalue weighted by atomic mass is 9.87. The summed E-state index contributed by atoms with van der Waals surface area (Å²) in [6.07, 6.45) is 11.4. The molecule has 1 aromatic heterocycles. The molecule has 1 heterocycles. The van der Waals surface area contributed by atoms with Crippen LogP contribution >= 0.6 is 0 Å². The monoisotopic (exact) mass is 271 g/mol. The van der Waals surface area contributed by atoms with Crippen molar-refractivity contribution in [2.75, 3.05) is 6.54 Å². The zero-order valence-electron chi connectivity index (χ0n) is 12.4. The molecule has 3 heteroatoms. The molecule has 0 spiro atoms. The van der Waals surface area contributed by atoms with Crippen LogP contribution in [0.25, 0.3) is 0 Å². The summed E-state index contributed by atoms with van der Waals surface area (Å²) < 4.78 is 0. The van der Waals surface area contributed by atoms with Gasteiger partial charge in [0, 0.05) is 29.4 Å². The molecule has 2 bridgehead atoms. The number of rotatable bonds is 3. The number of hydrogen-bond acceptors (Lipinski definition) is 3. The summed E-state index contributed by atoms with van der Waals surface area (Å²) >= 11 is 0. The maximum atomic E-state index is 5.00. The molecule has 4 unspecified atom stereocenters. The fraction of sp³-hybridized carbons (Fsp3) is 0.765. The average Bonchev–Trinajstić information content (AvgIpc) is 3.10. The fourth-order valence-corrected chi connectivity index (χ4v) is 4.76. The highest BCUT2D eigenvalue weighted by Gasteiger charge is 2.41. The lowest BCUT2D eigenvalue weighted by Crippen LogP contribution is -2.26. The summed E-state index contributed by atoms with van der Waals surface area (Å²) in [4.78, 5) is 9.77. The SMILES string of the molecule is CCNC1CCCc2nc(C3CC4CCC3C4)ncc21. The van der Waals surface area contributed by atoms with Crippen LogP contribution in [0.2, 0.25) is 0 Å². The maximum absolute atomic E-state index is 5.00. The Morgan fingerprint density at radius 2 is 2.20 bits per heavy atom. The number of hydrogen-bond donors (Lipinski definition) is 1. The van der Waals surface area contributed by atoms with E-state index in [9.17, 15) is 0 Å². The number of nitrogens with one attached hydrogen (secondary N) is 1. The Balaban J connectivity index is 1.61. The highest BCUT2D eigenvalue weighted by atomic mass is 14.9. The molecule has 1 N–H and O–H groups in total. The molecule has 3 aliphatic carbocycles. The largest absolute Gasteiger partial charge is 0.310 e. The van der Waals surface area contributed by atoms with Gasteiger partial charge in [-0.25, -0.2) is 9.97 Å². The molecule has 4 rings (SSSR count). The van der Waals surface area contributed by atoms with Crippen molar-refractivity contribution in [2.45, 2.75) is 63.8 Å². The smallest absolute Gasteiger partial charge is 0.131 e. The third-order valence-electron chi connectivity index (χ3n) is 5.72. The van der Waals surface area contributed by atoms with E-state index in [2.05, 4.69) is 18.4 Å². The molecule has 0 amide bonds.